The van der Waals surface area contributed by atoms with E-state index in [4.69, 9.17) is 9.47 Å². The van der Waals surface area contributed by atoms with Crippen molar-refractivity contribution in [1.82, 2.24) is 0 Å². The molecule has 0 unspecified atom stereocenters. The summed E-state index contributed by atoms with van der Waals surface area (Å²) < 4.78 is 11.4. The number of benzene rings is 3. The maximum atomic E-state index is 13.0. The lowest BCUT2D eigenvalue weighted by atomic mass is 10.1. The normalized spacial score (nSPS) is 12.4. The highest BCUT2D eigenvalue weighted by atomic mass is 16.5. The molecule has 0 aliphatic carbocycles. The van der Waals surface area contributed by atoms with Crippen molar-refractivity contribution in [2.45, 2.75) is 13.8 Å². The molecule has 3 aromatic rings. The summed E-state index contributed by atoms with van der Waals surface area (Å²) in [5.74, 6) is 1.30. The number of carbonyl (C=O) groups is 2. The highest BCUT2D eigenvalue weighted by Gasteiger charge is 2.26. The quantitative estimate of drug-likeness (QED) is 0.665. The molecule has 30 heavy (non-hydrogen) atoms. The number of aryl methyl sites for hydroxylation is 1. The van der Waals surface area contributed by atoms with E-state index in [-0.39, 0.29) is 11.8 Å². The number of rotatable bonds is 4. The molecule has 6 heteroatoms. The van der Waals surface area contributed by atoms with Crippen LogP contribution in [0.5, 0.6) is 17.2 Å². The van der Waals surface area contributed by atoms with Gasteiger partial charge in [0.1, 0.15) is 11.5 Å². The van der Waals surface area contributed by atoms with Crippen LogP contribution < -0.4 is 19.7 Å². The first-order chi connectivity index (χ1) is 14.5. The van der Waals surface area contributed by atoms with E-state index in [2.05, 4.69) is 5.32 Å². The number of ether oxygens (including phenoxy) is 2. The smallest absolute Gasteiger partial charge is 0.261 e. The molecule has 0 saturated carbocycles. The van der Waals surface area contributed by atoms with E-state index in [1.165, 1.54) is 0 Å². The Kier molecular flexibility index (Phi) is 5.14. The Labute approximate surface area is 175 Å². The van der Waals surface area contributed by atoms with E-state index in [1.54, 1.807) is 54.4 Å². The molecular weight excluding hydrogens is 380 g/mol. The van der Waals surface area contributed by atoms with Crippen LogP contribution in [-0.2, 0) is 0 Å². The van der Waals surface area contributed by atoms with Gasteiger partial charge in [0.2, 0.25) is 0 Å². The SMILES string of the molecule is CCOc1ccc(C(=O)Nc2ccc3c(c2)C(=O)N(C)c2cc(C)ccc2O3)cc1. The van der Waals surface area contributed by atoms with E-state index < -0.39 is 0 Å². The second-order valence-corrected chi connectivity index (χ2v) is 7.06. The van der Waals surface area contributed by atoms with Crippen molar-refractivity contribution >= 4 is 23.2 Å². The van der Waals surface area contributed by atoms with Gasteiger partial charge in [-0.25, -0.2) is 0 Å². The molecule has 152 valence electrons. The monoisotopic (exact) mass is 402 g/mol. The van der Waals surface area contributed by atoms with Gasteiger partial charge in [-0.05, 0) is 74.0 Å². The first kappa shape index (κ1) is 19.5. The van der Waals surface area contributed by atoms with Gasteiger partial charge < -0.3 is 19.7 Å². The molecule has 1 heterocycles. The Morgan fingerprint density at radius 1 is 1.03 bits per heavy atom. The number of fused-ring (bicyclic) bond motifs is 2. The van der Waals surface area contributed by atoms with Gasteiger partial charge in [-0.3, -0.25) is 9.59 Å². The lowest BCUT2D eigenvalue weighted by molar-refractivity contribution is 0.0990. The predicted molar refractivity (Wildman–Crippen MR) is 116 cm³/mol. The second kappa shape index (κ2) is 7.91. The molecule has 6 nitrogen and oxygen atoms in total. The van der Waals surface area contributed by atoms with Crippen LogP contribution in [0.25, 0.3) is 0 Å². The first-order valence-electron chi connectivity index (χ1n) is 9.71. The van der Waals surface area contributed by atoms with Crippen molar-refractivity contribution in [3.8, 4) is 17.2 Å². The van der Waals surface area contributed by atoms with Crippen molar-refractivity contribution < 1.29 is 19.1 Å². The number of hydrogen-bond donors (Lipinski definition) is 1. The molecule has 4 rings (SSSR count). The fourth-order valence-electron chi connectivity index (χ4n) is 3.32. The minimum absolute atomic E-state index is 0.202. The van der Waals surface area contributed by atoms with Crippen molar-refractivity contribution in [3.05, 3.63) is 77.4 Å². The summed E-state index contributed by atoms with van der Waals surface area (Å²) in [6.07, 6.45) is 0. The Morgan fingerprint density at radius 3 is 2.50 bits per heavy atom. The maximum Gasteiger partial charge on any atom is 0.261 e. The number of nitrogens with one attached hydrogen (secondary N) is 1. The average molecular weight is 402 g/mol. The van der Waals surface area contributed by atoms with Crippen LogP contribution in [0.4, 0.5) is 11.4 Å². The van der Waals surface area contributed by atoms with Crippen LogP contribution >= 0.6 is 0 Å². The molecule has 0 fully saturated rings. The fourth-order valence-corrected chi connectivity index (χ4v) is 3.32. The third kappa shape index (κ3) is 3.72. The molecule has 0 aromatic heterocycles. The van der Waals surface area contributed by atoms with Crippen molar-refractivity contribution in [3.63, 3.8) is 0 Å². The Hall–Kier alpha value is -3.80. The summed E-state index contributed by atoms with van der Waals surface area (Å²) in [4.78, 5) is 27.2. The summed E-state index contributed by atoms with van der Waals surface area (Å²) in [5, 5.41) is 2.84. The molecule has 0 spiro atoms. The Balaban J connectivity index is 1.59. The zero-order valence-corrected chi connectivity index (χ0v) is 17.1. The summed E-state index contributed by atoms with van der Waals surface area (Å²) >= 11 is 0. The van der Waals surface area contributed by atoms with Gasteiger partial charge >= 0.3 is 0 Å². The molecule has 0 atom stereocenters. The van der Waals surface area contributed by atoms with Crippen LogP contribution in [0.15, 0.2) is 60.7 Å². The van der Waals surface area contributed by atoms with Crippen LogP contribution in [0, 0.1) is 6.92 Å². The lowest BCUT2D eigenvalue weighted by Gasteiger charge is -2.16. The average Bonchev–Trinajstić information content (AvgIpc) is 2.84. The maximum absolute atomic E-state index is 13.0. The zero-order valence-electron chi connectivity index (χ0n) is 17.1. The highest BCUT2D eigenvalue weighted by molar-refractivity contribution is 6.11. The number of carbonyl (C=O) groups excluding carboxylic acids is 2. The summed E-state index contributed by atoms with van der Waals surface area (Å²) in [6.45, 7) is 4.43. The van der Waals surface area contributed by atoms with Gasteiger partial charge in [-0.1, -0.05) is 6.07 Å². The summed E-state index contributed by atoms with van der Waals surface area (Å²) in [7, 11) is 1.71. The Morgan fingerprint density at radius 2 is 1.77 bits per heavy atom. The third-order valence-electron chi connectivity index (χ3n) is 4.90. The minimum atomic E-state index is -0.271. The molecule has 0 bridgehead atoms. The van der Waals surface area contributed by atoms with Crippen molar-refractivity contribution in [2.75, 3.05) is 23.9 Å². The summed E-state index contributed by atoms with van der Waals surface area (Å²) in [5.41, 5.74) is 3.13. The van der Waals surface area contributed by atoms with E-state index in [1.807, 2.05) is 32.0 Å². The van der Waals surface area contributed by atoms with Gasteiger partial charge in [0, 0.05) is 18.3 Å². The lowest BCUT2D eigenvalue weighted by Crippen LogP contribution is -2.25. The van der Waals surface area contributed by atoms with Gasteiger partial charge in [-0.15, -0.1) is 0 Å². The molecule has 3 aromatic carbocycles. The Bertz CT molecular complexity index is 1120. The number of amides is 2. The van der Waals surface area contributed by atoms with E-state index in [0.717, 1.165) is 5.56 Å². The van der Waals surface area contributed by atoms with Crippen LogP contribution in [0.3, 0.4) is 0 Å². The van der Waals surface area contributed by atoms with Gasteiger partial charge in [-0.2, -0.15) is 0 Å². The molecule has 2 amide bonds. The van der Waals surface area contributed by atoms with E-state index in [0.29, 0.717) is 46.4 Å². The van der Waals surface area contributed by atoms with Crippen LogP contribution in [-0.4, -0.2) is 25.5 Å². The zero-order chi connectivity index (χ0) is 21.3. The minimum Gasteiger partial charge on any atom is -0.494 e. The second-order valence-electron chi connectivity index (χ2n) is 7.06. The standard InChI is InChI=1S/C24H22N2O4/c1-4-29-18-9-6-16(7-10-18)23(27)25-17-8-12-21-19(14-17)24(28)26(3)20-13-15(2)5-11-22(20)30-21/h5-14H,4H2,1-3H3,(H,25,27). The molecule has 1 aliphatic rings. The summed E-state index contributed by atoms with van der Waals surface area (Å²) in [6, 6.07) is 17.7. The van der Waals surface area contributed by atoms with E-state index >= 15 is 0 Å². The molecule has 1 N–H and O–H groups in total. The number of anilines is 2. The molecule has 0 radical (unpaired) electrons. The van der Waals surface area contributed by atoms with Crippen molar-refractivity contribution in [1.29, 1.82) is 0 Å². The van der Waals surface area contributed by atoms with E-state index in [9.17, 15) is 9.59 Å². The van der Waals surface area contributed by atoms with Crippen LogP contribution in [0.2, 0.25) is 0 Å². The molecule has 0 saturated heterocycles. The van der Waals surface area contributed by atoms with Gasteiger partial charge in [0.15, 0.2) is 5.75 Å². The number of nitrogens with zero attached hydrogens (tertiary/aromatic N) is 1. The fraction of sp³-hybridized carbons (Fsp3) is 0.167. The van der Waals surface area contributed by atoms with Crippen LogP contribution in [0.1, 0.15) is 33.2 Å². The highest BCUT2D eigenvalue weighted by Crippen LogP contribution is 2.39. The molecule has 1 aliphatic heterocycles. The molecular formula is C24H22N2O4. The first-order valence-corrected chi connectivity index (χ1v) is 9.71. The van der Waals surface area contributed by atoms with Crippen molar-refractivity contribution in [2.24, 2.45) is 0 Å². The van der Waals surface area contributed by atoms with Gasteiger partial charge in [0.25, 0.3) is 11.8 Å². The topological polar surface area (TPSA) is 67.9 Å². The predicted octanol–water partition coefficient (Wildman–Crippen LogP) is 5.03. The van der Waals surface area contributed by atoms with Gasteiger partial charge in [0.05, 0.1) is 17.9 Å². The number of hydrogen-bond acceptors (Lipinski definition) is 4. The largest absolute Gasteiger partial charge is 0.494 e. The third-order valence-corrected chi connectivity index (χ3v) is 4.90.